The van der Waals surface area contributed by atoms with Gasteiger partial charge >= 0.3 is 0 Å². The van der Waals surface area contributed by atoms with Crippen molar-refractivity contribution in [2.45, 2.75) is 15.9 Å². The lowest BCUT2D eigenvalue weighted by Crippen LogP contribution is -1.98. The van der Waals surface area contributed by atoms with Gasteiger partial charge < -0.3 is 5.32 Å². The number of rotatable bonds is 5. The monoisotopic (exact) mass is 357 g/mol. The Balaban J connectivity index is 1.47. The van der Waals surface area contributed by atoms with E-state index in [-0.39, 0.29) is 0 Å². The minimum Gasteiger partial charge on any atom is -0.356 e. The lowest BCUT2D eigenvalue weighted by atomic mass is 10.2. The maximum Gasteiger partial charge on any atom is 0.206 e. The highest BCUT2D eigenvalue weighted by Crippen LogP contribution is 2.35. The maximum absolute atomic E-state index is 4.35. The first-order valence-electron chi connectivity index (χ1n) is 6.86. The molecule has 0 unspecified atom stereocenters. The van der Waals surface area contributed by atoms with Gasteiger partial charge in [-0.25, -0.2) is 9.97 Å². The molecule has 23 heavy (non-hydrogen) atoms. The van der Waals surface area contributed by atoms with Gasteiger partial charge in [-0.1, -0.05) is 41.7 Å². The van der Waals surface area contributed by atoms with Crippen LogP contribution >= 0.6 is 34.4 Å². The molecule has 0 radical (unpaired) electrons. The van der Waals surface area contributed by atoms with Crippen LogP contribution in [0.1, 0.15) is 5.56 Å². The van der Waals surface area contributed by atoms with Crippen LogP contribution < -0.4 is 5.32 Å². The normalized spacial score (nSPS) is 11.0. The summed E-state index contributed by atoms with van der Waals surface area (Å²) < 4.78 is 0.867. The Labute approximate surface area is 144 Å². The van der Waals surface area contributed by atoms with Crippen molar-refractivity contribution in [3.63, 3.8) is 0 Å². The summed E-state index contributed by atoms with van der Waals surface area (Å²) >= 11 is 4.67. The Morgan fingerprint density at radius 3 is 2.87 bits per heavy atom. The number of nitrogens with one attached hydrogen (secondary N) is 1. The fourth-order valence-corrected chi connectivity index (χ4v) is 4.56. The van der Waals surface area contributed by atoms with Crippen molar-refractivity contribution in [3.8, 4) is 0 Å². The third-order valence-electron chi connectivity index (χ3n) is 3.10. The van der Waals surface area contributed by atoms with Gasteiger partial charge in [-0.05, 0) is 28.8 Å². The molecule has 0 aliphatic heterocycles. The second kappa shape index (κ2) is 6.61. The zero-order chi connectivity index (χ0) is 15.5. The molecule has 0 atom stereocenters. The second-order valence-corrected chi connectivity index (χ2v) is 7.74. The van der Waals surface area contributed by atoms with Crippen molar-refractivity contribution in [1.29, 1.82) is 0 Å². The Morgan fingerprint density at radius 2 is 1.96 bits per heavy atom. The molecular weight excluding hydrogens is 346 g/mol. The molecule has 0 bridgehead atoms. The van der Waals surface area contributed by atoms with Gasteiger partial charge in [0.15, 0.2) is 4.34 Å². The standard InChI is InChI=1S/C15H11N5S3/c1-2-4-10(5-3-1)8-16-14-19-20-15(23-14)22-13-11-6-7-21-12(11)17-9-18-13/h1-7,9H,8H2,(H,16,19). The van der Waals surface area contributed by atoms with Gasteiger partial charge in [-0.3, -0.25) is 0 Å². The zero-order valence-electron chi connectivity index (χ0n) is 11.8. The van der Waals surface area contributed by atoms with Gasteiger partial charge in [0.2, 0.25) is 5.13 Å². The molecule has 0 fully saturated rings. The largest absolute Gasteiger partial charge is 0.356 e. The predicted molar refractivity (Wildman–Crippen MR) is 95.2 cm³/mol. The Hall–Kier alpha value is -2.03. The number of fused-ring (bicyclic) bond motifs is 1. The van der Waals surface area contributed by atoms with Gasteiger partial charge in [0.25, 0.3) is 0 Å². The quantitative estimate of drug-likeness (QED) is 0.537. The summed E-state index contributed by atoms with van der Waals surface area (Å²) in [4.78, 5) is 9.61. The first kappa shape index (κ1) is 14.6. The fraction of sp³-hybridized carbons (Fsp3) is 0.0667. The molecule has 4 rings (SSSR count). The third-order valence-corrected chi connectivity index (χ3v) is 5.87. The number of benzene rings is 1. The predicted octanol–water partition coefficient (Wildman–Crippen LogP) is 4.31. The number of anilines is 1. The molecular formula is C15H11N5S3. The SMILES string of the molecule is c1ccc(CNc2nnc(Sc3ncnc4sccc34)s2)cc1. The lowest BCUT2D eigenvalue weighted by Gasteiger charge is -2.01. The summed E-state index contributed by atoms with van der Waals surface area (Å²) in [6.07, 6.45) is 1.59. The molecule has 114 valence electrons. The van der Waals surface area contributed by atoms with E-state index in [2.05, 4.69) is 37.6 Å². The molecule has 3 heterocycles. The Kier molecular flexibility index (Phi) is 4.18. The number of hydrogen-bond acceptors (Lipinski definition) is 8. The number of hydrogen-bond donors (Lipinski definition) is 1. The van der Waals surface area contributed by atoms with Crippen molar-refractivity contribution in [1.82, 2.24) is 20.2 Å². The number of nitrogens with zero attached hydrogens (tertiary/aromatic N) is 4. The topological polar surface area (TPSA) is 63.6 Å². The van der Waals surface area contributed by atoms with Crippen LogP contribution in [-0.4, -0.2) is 20.2 Å². The minimum atomic E-state index is 0.739. The van der Waals surface area contributed by atoms with Gasteiger partial charge in [0.05, 0.1) is 0 Å². The number of aromatic nitrogens is 4. The van der Waals surface area contributed by atoms with Crippen LogP contribution in [-0.2, 0) is 6.54 Å². The van der Waals surface area contributed by atoms with Crippen molar-refractivity contribution >= 4 is 49.8 Å². The first-order chi connectivity index (χ1) is 11.4. The van der Waals surface area contributed by atoms with Crippen LogP contribution in [0.25, 0.3) is 10.2 Å². The van der Waals surface area contributed by atoms with Crippen LogP contribution in [0.15, 0.2) is 57.5 Å². The third kappa shape index (κ3) is 3.34. The Morgan fingerprint density at radius 1 is 1.04 bits per heavy atom. The van der Waals surface area contributed by atoms with Crippen LogP contribution in [0.3, 0.4) is 0 Å². The molecule has 0 aliphatic rings. The molecule has 0 saturated heterocycles. The van der Waals surface area contributed by atoms with Crippen LogP contribution in [0, 0.1) is 0 Å². The van der Waals surface area contributed by atoms with E-state index in [0.29, 0.717) is 0 Å². The van der Waals surface area contributed by atoms with E-state index in [1.54, 1.807) is 17.7 Å². The smallest absolute Gasteiger partial charge is 0.206 e. The summed E-state index contributed by atoms with van der Waals surface area (Å²) in [6, 6.07) is 12.3. The summed E-state index contributed by atoms with van der Waals surface area (Å²) in [5.74, 6) is 0. The first-order valence-corrected chi connectivity index (χ1v) is 9.37. The van der Waals surface area contributed by atoms with Crippen LogP contribution in [0.4, 0.5) is 5.13 Å². The van der Waals surface area contributed by atoms with Gasteiger partial charge in [-0.2, -0.15) is 0 Å². The van der Waals surface area contributed by atoms with E-state index in [0.717, 1.165) is 31.3 Å². The molecule has 1 N–H and O–H groups in total. The summed E-state index contributed by atoms with van der Waals surface area (Å²) in [5, 5.41) is 16.5. The average molecular weight is 357 g/mol. The maximum atomic E-state index is 4.35. The van der Waals surface area contributed by atoms with Gasteiger partial charge in [0.1, 0.15) is 16.2 Å². The highest BCUT2D eigenvalue weighted by atomic mass is 32.2. The van der Waals surface area contributed by atoms with Crippen molar-refractivity contribution in [3.05, 3.63) is 53.7 Å². The highest BCUT2D eigenvalue weighted by Gasteiger charge is 2.10. The molecule has 0 amide bonds. The summed E-state index contributed by atoms with van der Waals surface area (Å²) in [6.45, 7) is 0.739. The molecule has 1 aromatic carbocycles. The second-order valence-electron chi connectivity index (χ2n) is 4.63. The fourth-order valence-electron chi connectivity index (χ4n) is 2.03. The van der Waals surface area contributed by atoms with E-state index in [4.69, 9.17) is 0 Å². The lowest BCUT2D eigenvalue weighted by molar-refractivity contribution is 0.992. The minimum absolute atomic E-state index is 0.739. The number of thiophene rings is 1. The van der Waals surface area contributed by atoms with Crippen molar-refractivity contribution < 1.29 is 0 Å². The summed E-state index contributed by atoms with van der Waals surface area (Å²) in [5.41, 5.74) is 1.22. The van der Waals surface area contributed by atoms with Gasteiger partial charge in [-0.15, -0.1) is 21.5 Å². The van der Waals surface area contributed by atoms with E-state index < -0.39 is 0 Å². The molecule has 8 heteroatoms. The molecule has 0 saturated carbocycles. The highest BCUT2D eigenvalue weighted by molar-refractivity contribution is 8.01. The molecule has 5 nitrogen and oxygen atoms in total. The molecule has 3 aromatic heterocycles. The van der Waals surface area contributed by atoms with E-state index in [1.165, 1.54) is 28.7 Å². The van der Waals surface area contributed by atoms with Crippen molar-refractivity contribution in [2.75, 3.05) is 5.32 Å². The van der Waals surface area contributed by atoms with Crippen molar-refractivity contribution in [2.24, 2.45) is 0 Å². The molecule has 0 aliphatic carbocycles. The van der Waals surface area contributed by atoms with Gasteiger partial charge in [0, 0.05) is 11.9 Å². The molecule has 4 aromatic rings. The average Bonchev–Trinajstić information content (AvgIpc) is 3.23. The van der Waals surface area contributed by atoms with E-state index in [1.807, 2.05) is 29.6 Å². The Bertz CT molecular complexity index is 919. The van der Waals surface area contributed by atoms with E-state index in [9.17, 15) is 0 Å². The molecule has 0 spiro atoms. The zero-order valence-corrected chi connectivity index (χ0v) is 14.3. The van der Waals surface area contributed by atoms with E-state index >= 15 is 0 Å². The van der Waals surface area contributed by atoms with Crippen LogP contribution in [0.2, 0.25) is 0 Å². The summed E-state index contributed by atoms with van der Waals surface area (Å²) in [7, 11) is 0. The van der Waals surface area contributed by atoms with Crippen LogP contribution in [0.5, 0.6) is 0 Å².